The number of guanidine groups is 1. The minimum absolute atomic E-state index is 0.0101. The number of primary amides is 2. The number of aliphatic hydroxyl groups is 3. The van der Waals surface area contributed by atoms with E-state index in [-0.39, 0.29) is 69.4 Å². The molecule has 0 radical (unpaired) electrons. The first-order valence-electron chi connectivity index (χ1n) is 32.2. The first-order valence-corrected chi connectivity index (χ1v) is 32.2. The van der Waals surface area contributed by atoms with Gasteiger partial charge in [-0.05, 0) is 102 Å². The van der Waals surface area contributed by atoms with Crippen LogP contribution in [0.3, 0.4) is 0 Å². The Balaban J connectivity index is 3.40. The number of nitrogens with two attached hydrogens (primary N) is 6. The van der Waals surface area contributed by atoms with E-state index in [1.165, 1.54) is 11.8 Å². The third-order valence-electron chi connectivity index (χ3n) is 15.3. The van der Waals surface area contributed by atoms with Crippen molar-refractivity contribution in [1.82, 2.24) is 63.4 Å². The van der Waals surface area contributed by atoms with Gasteiger partial charge in [0.2, 0.25) is 82.7 Å². The van der Waals surface area contributed by atoms with Gasteiger partial charge in [0.15, 0.2) is 5.96 Å². The number of carboxylic acids is 1. The lowest BCUT2D eigenvalue weighted by Gasteiger charge is -2.32. The molecular weight excluding hydrogens is 1280 g/mol. The largest absolute Gasteiger partial charge is 0.480 e. The number of aliphatic imine (C=N–C) groups is 1. The molecule has 0 spiro atoms. The summed E-state index contributed by atoms with van der Waals surface area (Å²) in [6.45, 7) is 10.4. The van der Waals surface area contributed by atoms with Crippen LogP contribution in [-0.2, 0) is 71.9 Å². The molecule has 27 N–H and O–H groups in total. The van der Waals surface area contributed by atoms with E-state index in [0.717, 1.165) is 6.92 Å². The Kier molecular flexibility index (Phi) is 39.1. The van der Waals surface area contributed by atoms with E-state index in [1.807, 2.05) is 12.2 Å². The van der Waals surface area contributed by atoms with Crippen LogP contribution in [0, 0.1) is 17.8 Å². The number of carbonyl (C=O) groups is 15. The Hall–Kier alpha value is -8.88. The van der Waals surface area contributed by atoms with Crippen molar-refractivity contribution in [3.05, 3.63) is 0 Å². The number of nitrogens with zero attached hydrogens (tertiary/aromatic N) is 2. The third kappa shape index (κ3) is 31.7. The van der Waals surface area contributed by atoms with Crippen LogP contribution >= 0.6 is 0 Å². The molecule has 0 bridgehead atoms. The van der Waals surface area contributed by atoms with Gasteiger partial charge >= 0.3 is 5.97 Å². The van der Waals surface area contributed by atoms with Crippen molar-refractivity contribution in [3.8, 4) is 0 Å². The number of carbonyl (C=O) groups excluding carboxylic acids is 14. The van der Waals surface area contributed by atoms with Gasteiger partial charge in [-0.1, -0.05) is 48.0 Å². The molecule has 1 saturated heterocycles. The number of hydrogen-bond acceptors (Lipinski definition) is 21. The van der Waals surface area contributed by atoms with E-state index in [2.05, 4.69) is 58.2 Å². The van der Waals surface area contributed by atoms with Gasteiger partial charge in [0.25, 0.3) is 0 Å². The molecule has 97 heavy (non-hydrogen) atoms. The van der Waals surface area contributed by atoms with Gasteiger partial charge in [0.05, 0.1) is 38.3 Å². The lowest BCUT2D eigenvalue weighted by molar-refractivity contribution is -0.143. The lowest BCUT2D eigenvalue weighted by atomic mass is 9.96. The fourth-order valence-corrected chi connectivity index (χ4v) is 9.82. The van der Waals surface area contributed by atoms with Crippen LogP contribution in [0.4, 0.5) is 0 Å². The van der Waals surface area contributed by atoms with Gasteiger partial charge in [-0.15, -0.1) is 0 Å². The maximum absolute atomic E-state index is 14.3. The van der Waals surface area contributed by atoms with Crippen molar-refractivity contribution in [2.24, 2.45) is 57.1 Å². The Morgan fingerprint density at radius 2 is 0.990 bits per heavy atom. The molecule has 0 unspecified atom stereocenters. The molecule has 14 atom stereocenters. The Morgan fingerprint density at radius 3 is 1.47 bits per heavy atom. The smallest absolute Gasteiger partial charge is 0.328 e. The van der Waals surface area contributed by atoms with Gasteiger partial charge in [-0.25, -0.2) is 4.79 Å². The summed E-state index contributed by atoms with van der Waals surface area (Å²) >= 11 is 0. The van der Waals surface area contributed by atoms with Crippen LogP contribution in [0.25, 0.3) is 0 Å². The number of likely N-dealkylation sites (tertiary alicyclic amines) is 1. The zero-order chi connectivity index (χ0) is 74.0. The van der Waals surface area contributed by atoms with Crippen LogP contribution in [0.1, 0.15) is 139 Å². The average Bonchev–Trinajstić information content (AvgIpc) is 1.83. The lowest BCUT2D eigenvalue weighted by Crippen LogP contribution is -2.62. The third-order valence-corrected chi connectivity index (χ3v) is 15.3. The summed E-state index contributed by atoms with van der Waals surface area (Å²) in [5.74, 6) is -16.7. The summed E-state index contributed by atoms with van der Waals surface area (Å²) in [6, 6.07) is -18.1. The molecule has 1 fully saturated rings. The van der Waals surface area contributed by atoms with E-state index in [4.69, 9.17) is 34.4 Å². The van der Waals surface area contributed by atoms with E-state index in [9.17, 15) is 92.3 Å². The highest BCUT2D eigenvalue weighted by molar-refractivity contribution is 6.00. The highest BCUT2D eigenvalue weighted by Crippen LogP contribution is 2.22. The molecule has 0 aromatic heterocycles. The van der Waals surface area contributed by atoms with Gasteiger partial charge in [-0.2, -0.15) is 0 Å². The van der Waals surface area contributed by atoms with E-state index in [1.54, 1.807) is 34.6 Å². The Morgan fingerprint density at radius 1 is 0.536 bits per heavy atom. The minimum Gasteiger partial charge on any atom is -0.480 e. The van der Waals surface area contributed by atoms with Crippen molar-refractivity contribution < 1.29 is 92.3 Å². The van der Waals surface area contributed by atoms with Crippen molar-refractivity contribution in [3.63, 3.8) is 0 Å². The quantitative estimate of drug-likeness (QED) is 0.0153. The Bertz CT molecular complexity index is 2730. The second kappa shape index (κ2) is 44.0. The number of rotatable bonds is 46. The molecule has 1 heterocycles. The number of carboxylic acid groups (broad SMARTS) is 1. The van der Waals surface area contributed by atoms with Crippen LogP contribution < -0.4 is 92.9 Å². The predicted molar refractivity (Wildman–Crippen MR) is 348 cm³/mol. The molecule has 38 nitrogen and oxygen atoms in total. The van der Waals surface area contributed by atoms with Gasteiger partial charge in [0.1, 0.15) is 66.5 Å². The number of hydrogen-bond donors (Lipinski definition) is 21. The SMILES string of the molecule is CC[C@H](C)[C@H](NC(=O)[C@H](CCCCN)NC(=O)[C@H](C)N)C(=O)N1CCC[C@H]1C(=O)NCC(=O)N[C@@H](CC(C)C)C(=O)N[C@@H](CC(C)C)C(=O)N[C@@H](CC(N)=O)C(=O)N[C@@H](CCC(N)=O)C(=O)N[C@H](C(=O)N[C@@H](CO)C(=O)N[C@@H](CCCN=C(N)N)C(=O)N[C@@H](CO)C(=O)O)[C@@H](C)O. The number of amides is 14. The molecule has 1 aliphatic rings. The highest BCUT2D eigenvalue weighted by Gasteiger charge is 2.41. The van der Waals surface area contributed by atoms with Crippen LogP contribution in [-0.4, -0.2) is 238 Å². The summed E-state index contributed by atoms with van der Waals surface area (Å²) in [4.78, 5) is 206. The van der Waals surface area contributed by atoms with Gasteiger partial charge < -0.3 is 118 Å². The molecule has 550 valence electrons. The van der Waals surface area contributed by atoms with Crippen molar-refractivity contribution in [2.75, 3.05) is 39.4 Å². The van der Waals surface area contributed by atoms with E-state index in [0.29, 0.717) is 32.2 Å². The predicted octanol–water partition coefficient (Wildman–Crippen LogP) is -8.80. The van der Waals surface area contributed by atoms with Crippen molar-refractivity contribution in [2.45, 2.75) is 217 Å². The summed E-state index contributed by atoms with van der Waals surface area (Å²) in [6.07, 6.45) is -2.03. The van der Waals surface area contributed by atoms with Gasteiger partial charge in [-0.3, -0.25) is 72.1 Å². The van der Waals surface area contributed by atoms with E-state index < -0.39 is 212 Å². The molecule has 0 saturated carbocycles. The van der Waals surface area contributed by atoms with Crippen LogP contribution in [0.5, 0.6) is 0 Å². The number of unbranched alkanes of at least 4 members (excludes halogenated alkanes) is 1. The molecule has 38 heteroatoms. The van der Waals surface area contributed by atoms with E-state index >= 15 is 0 Å². The molecular formula is C59H105N19O19. The first kappa shape index (κ1) is 86.1. The Labute approximate surface area is 562 Å². The highest BCUT2D eigenvalue weighted by atomic mass is 16.4. The monoisotopic (exact) mass is 1380 g/mol. The maximum atomic E-state index is 14.3. The second-order valence-electron chi connectivity index (χ2n) is 24.7. The van der Waals surface area contributed by atoms with Crippen LogP contribution in [0.15, 0.2) is 4.99 Å². The summed E-state index contributed by atoms with van der Waals surface area (Å²) < 4.78 is 0. The number of aliphatic carboxylic acids is 1. The minimum atomic E-state index is -2.02. The second-order valence-corrected chi connectivity index (χ2v) is 24.7. The van der Waals surface area contributed by atoms with Crippen molar-refractivity contribution in [1.29, 1.82) is 0 Å². The fourth-order valence-electron chi connectivity index (χ4n) is 9.82. The average molecular weight is 1380 g/mol. The van der Waals surface area contributed by atoms with Gasteiger partial charge in [0, 0.05) is 19.5 Å². The number of nitrogens with one attached hydrogen (secondary N) is 11. The molecule has 1 rings (SSSR count). The molecule has 1 aliphatic heterocycles. The van der Waals surface area contributed by atoms with Crippen LogP contribution in [0.2, 0.25) is 0 Å². The molecule has 0 aliphatic carbocycles. The topological polar surface area (TPSA) is 641 Å². The number of aliphatic hydroxyl groups excluding tert-OH is 3. The molecule has 14 amide bonds. The molecule has 0 aromatic carbocycles. The zero-order valence-corrected chi connectivity index (χ0v) is 56.4. The summed E-state index contributed by atoms with van der Waals surface area (Å²) in [7, 11) is 0. The van der Waals surface area contributed by atoms with Crippen molar-refractivity contribution >= 4 is 94.6 Å². The standard InChI is InChI=1S/C59H105N19O19/c1-9-30(6)45(76-49(87)33(14-10-11-19-60)69-47(85)31(7)61)57(95)78-21-13-16-41(78)55(93)67-25-44(84)68-36(22-28(2)3)51(89)72-37(23-29(4)5)52(90)73-38(24-43(63)83)53(91)71-35(17-18-42(62)82)50(88)77-46(32(8)81)56(94)74-39(26-79)54(92)70-34(15-12-20-66-59(64)65)48(86)75-40(27-80)58(96)97/h28-41,45-46,79-81H,9-27,60-61H2,1-8H3,(H2,62,82)(H2,63,83)(H,67,93)(H,68,84)(H,69,85)(H,70,92)(H,71,91)(H,72,89)(H,73,90)(H,74,94)(H,75,86)(H,76,87)(H,77,88)(H,96,97)(H4,64,65,66)/t30-,31-,32+,33-,34-,35-,36-,37-,38-,39-,40-,41-,45-,46-/m0/s1. The first-order chi connectivity index (χ1) is 45.4. The molecule has 0 aromatic rings. The fraction of sp³-hybridized carbons (Fsp3) is 0.729. The zero-order valence-electron chi connectivity index (χ0n) is 56.4. The summed E-state index contributed by atoms with van der Waals surface area (Å²) in [5, 5.41) is 65.9. The summed E-state index contributed by atoms with van der Waals surface area (Å²) in [5.41, 5.74) is 32.9. The normalized spacial score (nSPS) is 16.8. The maximum Gasteiger partial charge on any atom is 0.328 e.